The van der Waals surface area contributed by atoms with Gasteiger partial charge in [0.05, 0.1) is 12.0 Å². The molecule has 0 N–H and O–H groups in total. The Morgan fingerprint density at radius 2 is 2.24 bits per heavy atom. The van der Waals surface area contributed by atoms with Gasteiger partial charge in [0, 0.05) is 13.5 Å². The van der Waals surface area contributed by atoms with E-state index in [9.17, 15) is 4.79 Å². The Bertz CT molecular complexity index is 326. The molecule has 17 heavy (non-hydrogen) atoms. The minimum Gasteiger partial charge on any atom is -0.383 e. The molecule has 0 aromatic rings. The summed E-state index contributed by atoms with van der Waals surface area (Å²) in [5.41, 5.74) is 0.637. The fourth-order valence-electron chi connectivity index (χ4n) is 2.25. The van der Waals surface area contributed by atoms with Crippen LogP contribution in [0.1, 0.15) is 40.0 Å². The van der Waals surface area contributed by atoms with Crippen LogP contribution in [-0.4, -0.2) is 19.5 Å². The van der Waals surface area contributed by atoms with Crippen LogP contribution in [0.2, 0.25) is 0 Å². The van der Waals surface area contributed by atoms with Crippen LogP contribution >= 0.6 is 0 Å². The fourth-order valence-corrected chi connectivity index (χ4v) is 2.25. The molecule has 0 aliphatic heterocycles. The van der Waals surface area contributed by atoms with Crippen molar-refractivity contribution in [2.75, 3.05) is 13.7 Å². The zero-order valence-electron chi connectivity index (χ0n) is 11.5. The predicted molar refractivity (Wildman–Crippen MR) is 70.9 cm³/mol. The summed E-state index contributed by atoms with van der Waals surface area (Å²) in [7, 11) is 1.66. The third kappa shape index (κ3) is 3.29. The highest BCUT2D eigenvalue weighted by atomic mass is 16.5. The molecule has 0 fully saturated rings. The van der Waals surface area contributed by atoms with E-state index in [-0.39, 0.29) is 5.78 Å². The van der Waals surface area contributed by atoms with Crippen LogP contribution in [-0.2, 0) is 9.53 Å². The largest absolute Gasteiger partial charge is 0.383 e. The zero-order chi connectivity index (χ0) is 12.9. The minimum absolute atomic E-state index is 0.290. The Labute approximate surface area is 105 Å². The molecule has 0 spiro atoms. The van der Waals surface area contributed by atoms with Gasteiger partial charge in [0.1, 0.15) is 5.78 Å². The van der Waals surface area contributed by atoms with Crippen LogP contribution in [0, 0.1) is 11.3 Å². The van der Waals surface area contributed by atoms with Crippen molar-refractivity contribution in [2.24, 2.45) is 11.3 Å². The van der Waals surface area contributed by atoms with Crippen molar-refractivity contribution in [3.05, 3.63) is 23.8 Å². The topological polar surface area (TPSA) is 26.3 Å². The van der Waals surface area contributed by atoms with Gasteiger partial charge in [-0.2, -0.15) is 0 Å². The molecule has 2 nitrogen and oxygen atoms in total. The molecule has 0 aromatic carbocycles. The molecule has 2 heteroatoms. The summed E-state index contributed by atoms with van der Waals surface area (Å²) in [6, 6.07) is 0. The van der Waals surface area contributed by atoms with Gasteiger partial charge in [-0.15, -0.1) is 0 Å². The van der Waals surface area contributed by atoms with E-state index in [2.05, 4.69) is 26.0 Å². The second-order valence-electron chi connectivity index (χ2n) is 5.29. The van der Waals surface area contributed by atoms with Gasteiger partial charge in [0.2, 0.25) is 0 Å². The van der Waals surface area contributed by atoms with Gasteiger partial charge in [-0.25, -0.2) is 0 Å². The molecule has 0 saturated heterocycles. The maximum atomic E-state index is 12.5. The molecule has 1 aliphatic carbocycles. The predicted octanol–water partition coefficient (Wildman–Crippen LogP) is 3.53. The Morgan fingerprint density at radius 3 is 2.76 bits per heavy atom. The van der Waals surface area contributed by atoms with Crippen molar-refractivity contribution in [3.8, 4) is 0 Å². The molecule has 1 atom stereocenters. The lowest BCUT2D eigenvalue weighted by molar-refractivity contribution is -0.127. The number of allylic oxidation sites excluding steroid dienone is 2. The van der Waals surface area contributed by atoms with Gasteiger partial charge in [-0.05, 0) is 25.7 Å². The van der Waals surface area contributed by atoms with E-state index >= 15 is 0 Å². The summed E-state index contributed by atoms with van der Waals surface area (Å²) >= 11 is 0. The third-order valence-corrected chi connectivity index (χ3v) is 3.48. The number of carbonyl (C=O) groups excluding carboxylic acids is 1. The summed E-state index contributed by atoms with van der Waals surface area (Å²) in [4.78, 5) is 12.5. The normalized spacial score (nSPS) is 23.9. The molecule has 0 heterocycles. The molecule has 96 valence electrons. The van der Waals surface area contributed by atoms with Gasteiger partial charge < -0.3 is 4.74 Å². The highest BCUT2D eigenvalue weighted by Crippen LogP contribution is 2.35. The molecule has 0 radical (unpaired) electrons. The number of hydrogen-bond acceptors (Lipinski definition) is 2. The molecular weight excluding hydrogens is 212 g/mol. The Balaban J connectivity index is 2.84. The number of Topliss-reactive ketones (excluding diaryl/α,β-unsaturated/α-hetero) is 1. The first-order chi connectivity index (χ1) is 8.03. The van der Waals surface area contributed by atoms with Crippen molar-refractivity contribution in [1.29, 1.82) is 0 Å². The lowest BCUT2D eigenvalue weighted by Gasteiger charge is -2.32. The van der Waals surface area contributed by atoms with Crippen LogP contribution in [0.15, 0.2) is 23.8 Å². The van der Waals surface area contributed by atoms with Crippen LogP contribution in [0.5, 0.6) is 0 Å². The first kappa shape index (κ1) is 14.2. The smallest absolute Gasteiger partial charge is 0.149 e. The Morgan fingerprint density at radius 1 is 1.53 bits per heavy atom. The number of methoxy groups -OCH3 is 1. The first-order valence-electron chi connectivity index (χ1n) is 6.40. The monoisotopic (exact) mass is 236 g/mol. The second-order valence-corrected chi connectivity index (χ2v) is 5.29. The molecule has 0 bridgehead atoms. The van der Waals surface area contributed by atoms with Crippen LogP contribution in [0.4, 0.5) is 0 Å². The van der Waals surface area contributed by atoms with Crippen LogP contribution in [0.3, 0.4) is 0 Å². The number of ketones is 1. The van der Waals surface area contributed by atoms with Gasteiger partial charge in [0.25, 0.3) is 0 Å². The van der Waals surface area contributed by atoms with E-state index in [4.69, 9.17) is 4.74 Å². The van der Waals surface area contributed by atoms with Gasteiger partial charge >= 0.3 is 0 Å². The second kappa shape index (κ2) is 6.15. The third-order valence-electron chi connectivity index (χ3n) is 3.48. The average Bonchev–Trinajstić information content (AvgIpc) is 2.29. The molecule has 1 rings (SSSR count). The van der Waals surface area contributed by atoms with E-state index in [0.29, 0.717) is 18.9 Å². The molecule has 1 unspecified atom stereocenters. The quantitative estimate of drug-likeness (QED) is 0.659. The fraction of sp³-hybridized carbons (Fsp3) is 0.667. The highest BCUT2D eigenvalue weighted by molar-refractivity contribution is 5.90. The standard InChI is InChI=1S/C15H24O2/c1-12(2)8-9-14(16)15(11-17-4)10-6-5-7-13(15)3/h6-7,10,12H,5,8-9,11H2,1-4H3. The summed E-state index contributed by atoms with van der Waals surface area (Å²) in [5.74, 6) is 0.855. The molecule has 0 saturated carbocycles. The highest BCUT2D eigenvalue weighted by Gasteiger charge is 2.37. The van der Waals surface area contributed by atoms with E-state index in [1.807, 2.05) is 13.0 Å². The number of hydrogen-bond donors (Lipinski definition) is 0. The van der Waals surface area contributed by atoms with Crippen molar-refractivity contribution in [2.45, 2.75) is 40.0 Å². The van der Waals surface area contributed by atoms with Gasteiger partial charge in [-0.3, -0.25) is 4.79 Å². The molecule has 0 amide bonds. The van der Waals surface area contributed by atoms with Crippen LogP contribution in [0.25, 0.3) is 0 Å². The molecule has 0 aromatic heterocycles. The summed E-state index contributed by atoms with van der Waals surface area (Å²) in [6.07, 6.45) is 8.75. The average molecular weight is 236 g/mol. The number of rotatable bonds is 6. The molecule has 1 aliphatic rings. The van der Waals surface area contributed by atoms with Crippen LogP contribution < -0.4 is 0 Å². The van der Waals surface area contributed by atoms with Crippen molar-refractivity contribution < 1.29 is 9.53 Å². The lowest BCUT2D eigenvalue weighted by atomic mass is 9.73. The first-order valence-corrected chi connectivity index (χ1v) is 6.40. The minimum atomic E-state index is -0.498. The SMILES string of the molecule is COCC1(C(=O)CCC(C)C)C=CCC=C1C. The maximum absolute atomic E-state index is 12.5. The molecular formula is C15H24O2. The van der Waals surface area contributed by atoms with Crippen molar-refractivity contribution >= 4 is 5.78 Å². The van der Waals surface area contributed by atoms with E-state index in [1.165, 1.54) is 0 Å². The van der Waals surface area contributed by atoms with Gasteiger partial charge in [0.15, 0.2) is 0 Å². The summed E-state index contributed by atoms with van der Waals surface area (Å²) in [6.45, 7) is 6.80. The Kier molecular flexibility index (Phi) is 5.13. The Hall–Kier alpha value is -0.890. The van der Waals surface area contributed by atoms with E-state index < -0.39 is 5.41 Å². The van der Waals surface area contributed by atoms with Gasteiger partial charge in [-0.1, -0.05) is 37.6 Å². The lowest BCUT2D eigenvalue weighted by Crippen LogP contribution is -2.36. The van der Waals surface area contributed by atoms with E-state index in [1.54, 1.807) is 7.11 Å². The van der Waals surface area contributed by atoms with Crippen molar-refractivity contribution in [3.63, 3.8) is 0 Å². The van der Waals surface area contributed by atoms with E-state index in [0.717, 1.165) is 18.4 Å². The zero-order valence-corrected chi connectivity index (χ0v) is 11.5. The number of carbonyl (C=O) groups is 1. The maximum Gasteiger partial charge on any atom is 0.149 e. The van der Waals surface area contributed by atoms with Crippen molar-refractivity contribution in [1.82, 2.24) is 0 Å². The summed E-state index contributed by atoms with van der Waals surface area (Å²) < 4.78 is 5.27. The number of ether oxygens (including phenoxy) is 1. The summed E-state index contributed by atoms with van der Waals surface area (Å²) in [5, 5.41) is 0.